The Balaban J connectivity index is 1.82. The topological polar surface area (TPSA) is 33.1 Å². The summed E-state index contributed by atoms with van der Waals surface area (Å²) >= 11 is 3.40. The van der Waals surface area contributed by atoms with Gasteiger partial charge in [0.25, 0.3) is 0 Å². The Morgan fingerprint density at radius 1 is 1.20 bits per heavy atom. The molecule has 2 unspecified atom stereocenters. The number of aliphatic hydroxyl groups is 1. The lowest BCUT2D eigenvalue weighted by atomic mass is 9.89. The van der Waals surface area contributed by atoms with E-state index < -0.39 is 0 Å². The SMILES string of the molecule is OC1c2ccccc2CCCC1Cc1ccc(Br)cn1. The summed E-state index contributed by atoms with van der Waals surface area (Å²) in [7, 11) is 0. The number of halogens is 1. The van der Waals surface area contributed by atoms with Crippen LogP contribution in [0.4, 0.5) is 0 Å². The Kier molecular flexibility index (Phi) is 4.18. The number of aryl methyl sites for hydroxylation is 1. The van der Waals surface area contributed by atoms with E-state index in [2.05, 4.69) is 39.1 Å². The van der Waals surface area contributed by atoms with Gasteiger partial charge in [-0.1, -0.05) is 24.3 Å². The summed E-state index contributed by atoms with van der Waals surface area (Å²) in [5.41, 5.74) is 3.45. The van der Waals surface area contributed by atoms with Crippen LogP contribution in [0.2, 0.25) is 0 Å². The normalized spacial score (nSPS) is 22.1. The molecular formula is C17H18BrNO. The number of hydrogen-bond acceptors (Lipinski definition) is 2. The van der Waals surface area contributed by atoms with Crippen LogP contribution >= 0.6 is 15.9 Å². The Morgan fingerprint density at radius 3 is 2.85 bits per heavy atom. The number of aliphatic hydroxyl groups excluding tert-OH is 1. The Labute approximate surface area is 128 Å². The summed E-state index contributed by atoms with van der Waals surface area (Å²) in [6, 6.07) is 12.3. The second-order valence-corrected chi connectivity index (χ2v) is 6.38. The number of nitrogens with zero attached hydrogens (tertiary/aromatic N) is 1. The molecule has 1 aromatic carbocycles. The molecule has 20 heavy (non-hydrogen) atoms. The fraction of sp³-hybridized carbons (Fsp3) is 0.353. The largest absolute Gasteiger partial charge is 0.388 e. The summed E-state index contributed by atoms with van der Waals surface area (Å²) in [6.45, 7) is 0. The van der Waals surface area contributed by atoms with Gasteiger partial charge in [0.15, 0.2) is 0 Å². The highest BCUT2D eigenvalue weighted by atomic mass is 79.9. The summed E-state index contributed by atoms with van der Waals surface area (Å²) in [5.74, 6) is 0.257. The van der Waals surface area contributed by atoms with Gasteiger partial charge in [0, 0.05) is 16.4 Å². The molecule has 0 radical (unpaired) electrons. The van der Waals surface area contributed by atoms with E-state index in [4.69, 9.17) is 0 Å². The van der Waals surface area contributed by atoms with Gasteiger partial charge in [-0.3, -0.25) is 4.98 Å². The molecular weight excluding hydrogens is 314 g/mol. The fourth-order valence-electron chi connectivity index (χ4n) is 3.03. The van der Waals surface area contributed by atoms with Gasteiger partial charge in [-0.25, -0.2) is 0 Å². The molecule has 1 N–H and O–H groups in total. The smallest absolute Gasteiger partial charge is 0.0824 e. The lowest BCUT2D eigenvalue weighted by molar-refractivity contribution is 0.104. The van der Waals surface area contributed by atoms with Crippen molar-refractivity contribution in [2.24, 2.45) is 5.92 Å². The van der Waals surface area contributed by atoms with Crippen LogP contribution < -0.4 is 0 Å². The third-order valence-corrected chi connectivity index (χ3v) is 4.57. The second-order valence-electron chi connectivity index (χ2n) is 5.47. The number of rotatable bonds is 2. The summed E-state index contributed by atoms with van der Waals surface area (Å²) in [6.07, 6.45) is 5.54. The Bertz CT molecular complexity index is 582. The van der Waals surface area contributed by atoms with Crippen molar-refractivity contribution in [2.45, 2.75) is 31.8 Å². The molecule has 0 fully saturated rings. The number of benzene rings is 1. The van der Waals surface area contributed by atoms with Crippen molar-refractivity contribution in [1.29, 1.82) is 0 Å². The van der Waals surface area contributed by atoms with Crippen molar-refractivity contribution < 1.29 is 5.11 Å². The van der Waals surface area contributed by atoms with E-state index in [0.29, 0.717) is 0 Å². The molecule has 1 heterocycles. The molecule has 0 aliphatic heterocycles. The molecule has 1 aliphatic rings. The van der Waals surface area contributed by atoms with Crippen LogP contribution in [0.3, 0.4) is 0 Å². The zero-order valence-corrected chi connectivity index (χ0v) is 12.9. The minimum Gasteiger partial charge on any atom is -0.388 e. The van der Waals surface area contributed by atoms with Crippen LogP contribution in [0.1, 0.15) is 35.8 Å². The fourth-order valence-corrected chi connectivity index (χ4v) is 3.26. The molecule has 0 amide bonds. The molecule has 3 rings (SSSR count). The highest BCUT2D eigenvalue weighted by Gasteiger charge is 2.26. The maximum atomic E-state index is 10.7. The third kappa shape index (κ3) is 2.94. The van der Waals surface area contributed by atoms with Crippen molar-refractivity contribution in [3.8, 4) is 0 Å². The molecule has 1 aliphatic carbocycles. The van der Waals surface area contributed by atoms with E-state index in [1.165, 1.54) is 5.56 Å². The predicted molar refractivity (Wildman–Crippen MR) is 83.5 cm³/mol. The molecule has 2 aromatic rings. The number of fused-ring (bicyclic) bond motifs is 1. The van der Waals surface area contributed by atoms with Gasteiger partial charge >= 0.3 is 0 Å². The second kappa shape index (κ2) is 6.06. The minimum atomic E-state index is -0.376. The van der Waals surface area contributed by atoms with Gasteiger partial charge in [-0.15, -0.1) is 0 Å². The number of hydrogen-bond donors (Lipinski definition) is 1. The zero-order valence-electron chi connectivity index (χ0n) is 11.3. The van der Waals surface area contributed by atoms with Gasteiger partial charge in [0.2, 0.25) is 0 Å². The molecule has 2 atom stereocenters. The number of pyridine rings is 1. The van der Waals surface area contributed by atoms with Gasteiger partial charge in [-0.2, -0.15) is 0 Å². The lowest BCUT2D eigenvalue weighted by Crippen LogP contribution is -2.15. The van der Waals surface area contributed by atoms with E-state index in [1.54, 1.807) is 0 Å². The lowest BCUT2D eigenvalue weighted by Gasteiger charge is -2.21. The molecule has 2 nitrogen and oxygen atoms in total. The first-order valence-corrected chi connectivity index (χ1v) is 7.89. The van der Waals surface area contributed by atoms with Crippen LogP contribution in [-0.4, -0.2) is 10.1 Å². The quantitative estimate of drug-likeness (QED) is 0.841. The average Bonchev–Trinajstić information content (AvgIpc) is 2.62. The monoisotopic (exact) mass is 331 g/mol. The Morgan fingerprint density at radius 2 is 2.05 bits per heavy atom. The molecule has 3 heteroatoms. The van der Waals surface area contributed by atoms with Crippen molar-refractivity contribution in [1.82, 2.24) is 4.98 Å². The van der Waals surface area contributed by atoms with E-state index in [1.807, 2.05) is 24.4 Å². The van der Waals surface area contributed by atoms with Crippen molar-refractivity contribution in [2.75, 3.05) is 0 Å². The van der Waals surface area contributed by atoms with Gasteiger partial charge < -0.3 is 5.11 Å². The Hall–Kier alpha value is -1.19. The van der Waals surface area contributed by atoms with Crippen LogP contribution in [0.25, 0.3) is 0 Å². The van der Waals surface area contributed by atoms with Crippen molar-refractivity contribution >= 4 is 15.9 Å². The van der Waals surface area contributed by atoms with Gasteiger partial charge in [-0.05, 0) is 70.8 Å². The van der Waals surface area contributed by atoms with E-state index >= 15 is 0 Å². The first-order chi connectivity index (χ1) is 9.74. The van der Waals surface area contributed by atoms with Crippen LogP contribution in [-0.2, 0) is 12.8 Å². The minimum absolute atomic E-state index is 0.257. The van der Waals surface area contributed by atoms with E-state index in [0.717, 1.165) is 41.4 Å². The molecule has 1 aromatic heterocycles. The predicted octanol–water partition coefficient (Wildman–Crippen LogP) is 4.07. The van der Waals surface area contributed by atoms with Crippen LogP contribution in [0.15, 0.2) is 47.1 Å². The highest BCUT2D eigenvalue weighted by molar-refractivity contribution is 9.10. The van der Waals surface area contributed by atoms with E-state index in [9.17, 15) is 5.11 Å². The summed E-state index contributed by atoms with van der Waals surface area (Å²) < 4.78 is 0.994. The maximum absolute atomic E-state index is 10.7. The highest BCUT2D eigenvalue weighted by Crippen LogP contribution is 2.34. The molecule has 104 valence electrons. The summed E-state index contributed by atoms with van der Waals surface area (Å²) in [4.78, 5) is 4.44. The van der Waals surface area contributed by atoms with Gasteiger partial charge in [0.1, 0.15) is 0 Å². The first-order valence-electron chi connectivity index (χ1n) is 7.10. The maximum Gasteiger partial charge on any atom is 0.0824 e. The first kappa shape index (κ1) is 13.8. The molecule has 0 saturated carbocycles. The molecule has 0 saturated heterocycles. The molecule has 0 spiro atoms. The van der Waals surface area contributed by atoms with Crippen LogP contribution in [0.5, 0.6) is 0 Å². The summed E-state index contributed by atoms with van der Waals surface area (Å²) in [5, 5.41) is 10.7. The van der Waals surface area contributed by atoms with E-state index in [-0.39, 0.29) is 12.0 Å². The van der Waals surface area contributed by atoms with Gasteiger partial charge in [0.05, 0.1) is 6.10 Å². The zero-order chi connectivity index (χ0) is 13.9. The standard InChI is InChI=1S/C17H18BrNO/c18-14-8-9-15(19-11-14)10-13-6-3-5-12-4-1-2-7-16(12)17(13)20/h1-2,4,7-9,11,13,17,20H,3,5-6,10H2. The van der Waals surface area contributed by atoms with Crippen molar-refractivity contribution in [3.63, 3.8) is 0 Å². The third-order valence-electron chi connectivity index (χ3n) is 4.10. The number of aromatic nitrogens is 1. The van der Waals surface area contributed by atoms with Crippen molar-refractivity contribution in [3.05, 3.63) is 63.9 Å². The molecule has 0 bridgehead atoms. The van der Waals surface area contributed by atoms with Crippen LogP contribution in [0, 0.1) is 5.92 Å². The average molecular weight is 332 g/mol.